The molecule has 0 aliphatic heterocycles. The fourth-order valence-electron chi connectivity index (χ4n) is 0.906. The average molecular weight is 167 g/mol. The first kappa shape index (κ1) is 6.42. The molecule has 3 nitrogen and oxygen atoms in total. The molecule has 0 saturated carbocycles. The number of hydrogen-bond donors (Lipinski definition) is 2. The third kappa shape index (κ3) is 0.832. The quantitative estimate of drug-likeness (QED) is 0.587. The van der Waals surface area contributed by atoms with Gasteiger partial charge >= 0.3 is 0 Å². The van der Waals surface area contributed by atoms with Gasteiger partial charge in [0.15, 0.2) is 11.5 Å². The van der Waals surface area contributed by atoms with Crippen LogP contribution in [0, 0.1) is 0 Å². The summed E-state index contributed by atoms with van der Waals surface area (Å²) in [6.07, 6.45) is 0. The van der Waals surface area contributed by atoms with Gasteiger partial charge in [0.2, 0.25) is 0 Å². The Morgan fingerprint density at radius 2 is 2.09 bits per heavy atom. The summed E-state index contributed by atoms with van der Waals surface area (Å²) in [7, 11) is 0. The van der Waals surface area contributed by atoms with Crippen LogP contribution in [0.4, 0.5) is 0 Å². The van der Waals surface area contributed by atoms with Crippen molar-refractivity contribution in [1.29, 1.82) is 0 Å². The van der Waals surface area contributed by atoms with Crippen molar-refractivity contribution >= 4 is 21.6 Å². The van der Waals surface area contributed by atoms with Crippen molar-refractivity contribution in [2.45, 2.75) is 0 Å². The van der Waals surface area contributed by atoms with Gasteiger partial charge in [0.25, 0.3) is 0 Å². The van der Waals surface area contributed by atoms with E-state index >= 15 is 0 Å². The highest BCUT2D eigenvalue weighted by molar-refractivity contribution is 7.16. The molecule has 0 unspecified atom stereocenters. The Bertz CT molecular complexity index is 396. The summed E-state index contributed by atoms with van der Waals surface area (Å²) in [6.45, 7) is 0. The normalized spacial score (nSPS) is 10.5. The molecule has 0 fully saturated rings. The Morgan fingerprint density at radius 3 is 2.91 bits per heavy atom. The van der Waals surface area contributed by atoms with Crippen molar-refractivity contribution in [2.24, 2.45) is 0 Å². The third-order valence-corrected chi connectivity index (χ3v) is 2.25. The van der Waals surface area contributed by atoms with E-state index in [0.29, 0.717) is 5.52 Å². The molecule has 1 aromatic heterocycles. The highest BCUT2D eigenvalue weighted by Crippen LogP contribution is 2.33. The van der Waals surface area contributed by atoms with Crippen molar-refractivity contribution in [2.75, 3.05) is 0 Å². The molecule has 0 atom stereocenters. The van der Waals surface area contributed by atoms with Gasteiger partial charge in [-0.3, -0.25) is 0 Å². The number of phenolic OH excluding ortho intramolecular Hbond substituents is 2. The summed E-state index contributed by atoms with van der Waals surface area (Å²) in [5.41, 5.74) is 2.10. The van der Waals surface area contributed by atoms with Gasteiger partial charge in [-0.05, 0) is 12.1 Å². The van der Waals surface area contributed by atoms with E-state index in [-0.39, 0.29) is 11.5 Å². The molecule has 2 N–H and O–H groups in total. The lowest BCUT2D eigenvalue weighted by Gasteiger charge is -1.95. The highest BCUT2D eigenvalue weighted by Gasteiger charge is 2.05. The van der Waals surface area contributed by atoms with E-state index in [1.54, 1.807) is 11.6 Å². The number of aromatic hydroxyl groups is 2. The maximum absolute atomic E-state index is 9.24. The minimum absolute atomic E-state index is 0.122. The van der Waals surface area contributed by atoms with Gasteiger partial charge in [0.05, 0.1) is 10.2 Å². The van der Waals surface area contributed by atoms with Gasteiger partial charge < -0.3 is 10.2 Å². The predicted molar refractivity (Wildman–Crippen MR) is 42.9 cm³/mol. The SMILES string of the molecule is Oc1ccc2scnc2c1O. The first-order chi connectivity index (χ1) is 5.29. The number of fused-ring (bicyclic) bond motifs is 1. The largest absolute Gasteiger partial charge is 0.504 e. The van der Waals surface area contributed by atoms with Crippen molar-refractivity contribution in [1.82, 2.24) is 4.98 Å². The first-order valence-corrected chi connectivity index (χ1v) is 3.91. The Kier molecular flexibility index (Phi) is 1.22. The van der Waals surface area contributed by atoms with Crippen molar-refractivity contribution in [3.05, 3.63) is 17.6 Å². The number of phenols is 2. The van der Waals surface area contributed by atoms with Gasteiger partial charge in [-0.2, -0.15) is 0 Å². The molecule has 1 aromatic carbocycles. The van der Waals surface area contributed by atoms with Crippen LogP contribution >= 0.6 is 11.3 Å². The van der Waals surface area contributed by atoms with Crippen LogP contribution in [0.5, 0.6) is 11.5 Å². The maximum atomic E-state index is 9.24. The van der Waals surface area contributed by atoms with Crippen LogP contribution in [0.1, 0.15) is 0 Å². The number of thiazole rings is 1. The van der Waals surface area contributed by atoms with E-state index in [1.165, 1.54) is 17.4 Å². The standard InChI is InChI=1S/C7H5NO2S/c9-4-1-2-5-6(7(4)10)8-3-11-5/h1-3,9-10H. The summed E-state index contributed by atoms with van der Waals surface area (Å²) >= 11 is 1.43. The minimum atomic E-state index is -0.135. The molecule has 2 rings (SSSR count). The number of benzene rings is 1. The van der Waals surface area contributed by atoms with Crippen LogP contribution in [0.25, 0.3) is 10.2 Å². The molecular weight excluding hydrogens is 162 g/mol. The van der Waals surface area contributed by atoms with Crippen LogP contribution in [-0.2, 0) is 0 Å². The predicted octanol–water partition coefficient (Wildman–Crippen LogP) is 1.71. The summed E-state index contributed by atoms with van der Waals surface area (Å²) in [4.78, 5) is 3.89. The van der Waals surface area contributed by atoms with Crippen LogP contribution in [0.2, 0.25) is 0 Å². The third-order valence-electron chi connectivity index (χ3n) is 1.45. The van der Waals surface area contributed by atoms with Crippen LogP contribution in [-0.4, -0.2) is 15.2 Å². The Morgan fingerprint density at radius 1 is 1.27 bits per heavy atom. The lowest BCUT2D eigenvalue weighted by atomic mass is 10.3. The number of hydrogen-bond acceptors (Lipinski definition) is 4. The van der Waals surface area contributed by atoms with Gasteiger partial charge in [-0.1, -0.05) is 0 Å². The molecule has 4 heteroatoms. The number of aromatic nitrogens is 1. The van der Waals surface area contributed by atoms with Crippen LogP contribution < -0.4 is 0 Å². The summed E-state index contributed by atoms with van der Waals surface area (Å²) in [6, 6.07) is 3.18. The highest BCUT2D eigenvalue weighted by atomic mass is 32.1. The van der Waals surface area contributed by atoms with Gasteiger partial charge in [-0.15, -0.1) is 11.3 Å². The summed E-state index contributed by atoms with van der Waals surface area (Å²) in [5, 5.41) is 18.3. The molecule has 0 saturated heterocycles. The van der Waals surface area contributed by atoms with Gasteiger partial charge in [-0.25, -0.2) is 4.98 Å². The lowest BCUT2D eigenvalue weighted by molar-refractivity contribution is 0.407. The maximum Gasteiger partial charge on any atom is 0.185 e. The smallest absolute Gasteiger partial charge is 0.185 e. The number of nitrogens with zero attached hydrogens (tertiary/aromatic N) is 1. The Labute approximate surface area is 66.6 Å². The van der Waals surface area contributed by atoms with Crippen LogP contribution in [0.15, 0.2) is 17.6 Å². The topological polar surface area (TPSA) is 53.4 Å². The zero-order valence-electron chi connectivity index (χ0n) is 5.48. The first-order valence-electron chi connectivity index (χ1n) is 3.03. The average Bonchev–Trinajstić information content (AvgIpc) is 2.45. The lowest BCUT2D eigenvalue weighted by Crippen LogP contribution is -1.70. The zero-order valence-corrected chi connectivity index (χ0v) is 6.30. The molecule has 0 aliphatic carbocycles. The van der Waals surface area contributed by atoms with Gasteiger partial charge in [0.1, 0.15) is 5.52 Å². The Balaban J connectivity index is 2.93. The monoisotopic (exact) mass is 167 g/mol. The van der Waals surface area contributed by atoms with E-state index in [9.17, 15) is 5.11 Å². The molecule has 0 radical (unpaired) electrons. The second-order valence-corrected chi connectivity index (χ2v) is 3.02. The van der Waals surface area contributed by atoms with E-state index in [4.69, 9.17) is 5.11 Å². The molecular formula is C7H5NO2S. The molecule has 0 bridgehead atoms. The van der Waals surface area contributed by atoms with Gasteiger partial charge in [0, 0.05) is 0 Å². The fourth-order valence-corrected chi connectivity index (χ4v) is 1.59. The summed E-state index contributed by atoms with van der Waals surface area (Å²) in [5.74, 6) is -0.257. The molecule has 2 aromatic rings. The summed E-state index contributed by atoms with van der Waals surface area (Å²) < 4.78 is 0.875. The number of rotatable bonds is 0. The van der Waals surface area contributed by atoms with E-state index in [2.05, 4.69) is 4.98 Å². The molecule has 1 heterocycles. The second kappa shape index (κ2) is 2.10. The Hall–Kier alpha value is -1.29. The fraction of sp³-hybridized carbons (Fsp3) is 0. The zero-order chi connectivity index (χ0) is 7.84. The molecule has 0 spiro atoms. The minimum Gasteiger partial charge on any atom is -0.504 e. The van der Waals surface area contributed by atoms with Crippen molar-refractivity contribution in [3.63, 3.8) is 0 Å². The molecule has 0 aliphatic rings. The molecule has 0 amide bonds. The van der Waals surface area contributed by atoms with Crippen molar-refractivity contribution < 1.29 is 10.2 Å². The van der Waals surface area contributed by atoms with Crippen LogP contribution in [0.3, 0.4) is 0 Å². The van der Waals surface area contributed by atoms with E-state index < -0.39 is 0 Å². The van der Waals surface area contributed by atoms with Crippen molar-refractivity contribution in [3.8, 4) is 11.5 Å². The molecule has 11 heavy (non-hydrogen) atoms. The van der Waals surface area contributed by atoms with E-state index in [0.717, 1.165) is 4.70 Å². The second-order valence-electron chi connectivity index (χ2n) is 2.13. The molecule has 56 valence electrons. The van der Waals surface area contributed by atoms with E-state index in [1.807, 2.05) is 0 Å².